The molecule has 0 spiro atoms. The molecule has 2 heterocycles. The standard InChI is InChI=1S/C13H14N4O3/c1-19-12-6-3-9(8-15-12)7-14-11-5-4-10(16-17-11)13(18)20-2/h3-6,8H,7H2,1-2H3,(H,14,17). The Balaban J connectivity index is 1.94. The van der Waals surface area contributed by atoms with E-state index in [0.717, 1.165) is 5.56 Å². The van der Waals surface area contributed by atoms with E-state index in [-0.39, 0.29) is 5.69 Å². The molecule has 0 atom stereocenters. The van der Waals surface area contributed by atoms with Crippen LogP contribution in [0.25, 0.3) is 0 Å². The van der Waals surface area contributed by atoms with Gasteiger partial charge in [-0.15, -0.1) is 10.2 Å². The van der Waals surface area contributed by atoms with Gasteiger partial charge in [-0.2, -0.15) is 0 Å². The number of anilines is 1. The van der Waals surface area contributed by atoms with Crippen LogP contribution in [0.4, 0.5) is 5.82 Å². The lowest BCUT2D eigenvalue weighted by Crippen LogP contribution is -2.08. The van der Waals surface area contributed by atoms with Crippen molar-refractivity contribution in [2.24, 2.45) is 0 Å². The number of aromatic nitrogens is 3. The molecule has 0 aliphatic rings. The number of nitrogens with zero attached hydrogens (tertiary/aromatic N) is 3. The molecule has 2 rings (SSSR count). The monoisotopic (exact) mass is 274 g/mol. The third kappa shape index (κ3) is 3.41. The molecule has 0 saturated heterocycles. The van der Waals surface area contributed by atoms with E-state index < -0.39 is 5.97 Å². The molecule has 0 aliphatic heterocycles. The van der Waals surface area contributed by atoms with Crippen molar-refractivity contribution in [1.82, 2.24) is 15.2 Å². The topological polar surface area (TPSA) is 86.2 Å². The quantitative estimate of drug-likeness (QED) is 0.822. The van der Waals surface area contributed by atoms with Crippen LogP contribution in [0.3, 0.4) is 0 Å². The highest BCUT2D eigenvalue weighted by molar-refractivity contribution is 5.86. The summed E-state index contributed by atoms with van der Waals surface area (Å²) in [5.74, 6) is 0.618. The van der Waals surface area contributed by atoms with Gasteiger partial charge in [0.15, 0.2) is 5.69 Å². The Morgan fingerprint density at radius 1 is 1.20 bits per heavy atom. The Kier molecular flexibility index (Phi) is 4.43. The number of nitrogens with one attached hydrogen (secondary N) is 1. The second-order valence-corrected chi connectivity index (χ2v) is 3.86. The second kappa shape index (κ2) is 6.46. The average molecular weight is 274 g/mol. The summed E-state index contributed by atoms with van der Waals surface area (Å²) in [6, 6.07) is 6.89. The summed E-state index contributed by atoms with van der Waals surface area (Å²) < 4.78 is 9.53. The molecular formula is C13H14N4O3. The van der Waals surface area contributed by atoms with E-state index in [1.54, 1.807) is 31.5 Å². The number of carbonyl (C=O) groups excluding carboxylic acids is 1. The Morgan fingerprint density at radius 3 is 2.60 bits per heavy atom. The first kappa shape index (κ1) is 13.7. The number of rotatable bonds is 5. The van der Waals surface area contributed by atoms with Crippen LogP contribution in [-0.4, -0.2) is 35.4 Å². The first-order valence-electron chi connectivity index (χ1n) is 5.88. The van der Waals surface area contributed by atoms with Crippen molar-refractivity contribution in [2.75, 3.05) is 19.5 Å². The minimum Gasteiger partial charge on any atom is -0.481 e. The minimum absolute atomic E-state index is 0.171. The maximum atomic E-state index is 11.2. The summed E-state index contributed by atoms with van der Waals surface area (Å²) in [5.41, 5.74) is 1.15. The molecule has 0 radical (unpaired) electrons. The average Bonchev–Trinajstić information content (AvgIpc) is 2.53. The SMILES string of the molecule is COC(=O)c1ccc(NCc2ccc(OC)nc2)nn1. The number of methoxy groups -OCH3 is 2. The zero-order valence-electron chi connectivity index (χ0n) is 11.2. The first-order chi connectivity index (χ1) is 9.72. The van der Waals surface area contributed by atoms with Crippen molar-refractivity contribution in [3.05, 3.63) is 41.7 Å². The largest absolute Gasteiger partial charge is 0.481 e. The van der Waals surface area contributed by atoms with Crippen molar-refractivity contribution >= 4 is 11.8 Å². The van der Waals surface area contributed by atoms with Crippen molar-refractivity contribution in [2.45, 2.75) is 6.54 Å². The van der Waals surface area contributed by atoms with E-state index >= 15 is 0 Å². The van der Waals surface area contributed by atoms with Gasteiger partial charge in [0, 0.05) is 18.8 Å². The molecule has 0 aromatic carbocycles. The van der Waals surface area contributed by atoms with Crippen molar-refractivity contribution in [3.8, 4) is 5.88 Å². The van der Waals surface area contributed by atoms with E-state index in [4.69, 9.17) is 4.74 Å². The summed E-state index contributed by atoms with van der Waals surface area (Å²) in [6.45, 7) is 0.545. The molecule has 0 fully saturated rings. The van der Waals surface area contributed by atoms with Crippen molar-refractivity contribution < 1.29 is 14.3 Å². The summed E-state index contributed by atoms with van der Waals surface area (Å²) in [7, 11) is 2.87. The molecular weight excluding hydrogens is 260 g/mol. The molecule has 0 bridgehead atoms. The maximum absolute atomic E-state index is 11.2. The third-order valence-corrected chi connectivity index (χ3v) is 2.54. The van der Waals surface area contributed by atoms with E-state index in [9.17, 15) is 4.79 Å². The number of carbonyl (C=O) groups is 1. The van der Waals surface area contributed by atoms with E-state index in [1.165, 1.54) is 7.11 Å². The number of hydrogen-bond donors (Lipinski definition) is 1. The lowest BCUT2D eigenvalue weighted by molar-refractivity contribution is 0.0593. The Labute approximate surface area is 116 Å². The van der Waals surface area contributed by atoms with Gasteiger partial charge >= 0.3 is 5.97 Å². The Morgan fingerprint density at radius 2 is 2.05 bits per heavy atom. The molecule has 20 heavy (non-hydrogen) atoms. The van der Waals surface area contributed by atoms with E-state index in [1.807, 2.05) is 6.07 Å². The van der Waals surface area contributed by atoms with Crippen LogP contribution in [-0.2, 0) is 11.3 Å². The Bertz CT molecular complexity index is 569. The fourth-order valence-corrected chi connectivity index (χ4v) is 1.47. The molecule has 0 amide bonds. The number of pyridine rings is 1. The highest BCUT2D eigenvalue weighted by atomic mass is 16.5. The lowest BCUT2D eigenvalue weighted by atomic mass is 10.3. The van der Waals surface area contributed by atoms with Gasteiger partial charge in [0.2, 0.25) is 5.88 Å². The van der Waals surface area contributed by atoms with Crippen LogP contribution in [0.1, 0.15) is 16.1 Å². The van der Waals surface area contributed by atoms with Gasteiger partial charge in [0.1, 0.15) is 5.82 Å². The molecule has 1 N–H and O–H groups in total. The van der Waals surface area contributed by atoms with Crippen LogP contribution in [0.5, 0.6) is 5.88 Å². The van der Waals surface area contributed by atoms with Crippen LogP contribution < -0.4 is 10.1 Å². The molecule has 2 aromatic rings. The predicted molar refractivity (Wildman–Crippen MR) is 71.5 cm³/mol. The smallest absolute Gasteiger partial charge is 0.358 e. The van der Waals surface area contributed by atoms with Crippen molar-refractivity contribution in [3.63, 3.8) is 0 Å². The summed E-state index contributed by atoms with van der Waals surface area (Å²) in [4.78, 5) is 15.3. The Hall–Kier alpha value is -2.70. The van der Waals surface area contributed by atoms with Crippen LogP contribution in [0.15, 0.2) is 30.5 Å². The fraction of sp³-hybridized carbons (Fsp3) is 0.231. The second-order valence-electron chi connectivity index (χ2n) is 3.86. The molecule has 0 unspecified atom stereocenters. The van der Waals surface area contributed by atoms with E-state index in [0.29, 0.717) is 18.2 Å². The van der Waals surface area contributed by atoms with Crippen molar-refractivity contribution in [1.29, 1.82) is 0 Å². The van der Waals surface area contributed by atoms with Gasteiger partial charge < -0.3 is 14.8 Å². The van der Waals surface area contributed by atoms with E-state index in [2.05, 4.69) is 25.2 Å². The molecule has 0 saturated carbocycles. The predicted octanol–water partition coefficient (Wildman–Crippen LogP) is 1.28. The lowest BCUT2D eigenvalue weighted by Gasteiger charge is -2.06. The molecule has 0 aliphatic carbocycles. The highest BCUT2D eigenvalue weighted by Crippen LogP contribution is 2.09. The van der Waals surface area contributed by atoms with Gasteiger partial charge in [-0.25, -0.2) is 9.78 Å². The van der Waals surface area contributed by atoms with Crippen LogP contribution in [0, 0.1) is 0 Å². The summed E-state index contributed by atoms with van der Waals surface area (Å²) in [6.07, 6.45) is 1.71. The van der Waals surface area contributed by atoms with Crippen LogP contribution >= 0.6 is 0 Å². The van der Waals surface area contributed by atoms with Gasteiger partial charge in [-0.05, 0) is 17.7 Å². The first-order valence-corrected chi connectivity index (χ1v) is 5.88. The fourth-order valence-electron chi connectivity index (χ4n) is 1.47. The van der Waals surface area contributed by atoms with Gasteiger partial charge in [-0.3, -0.25) is 0 Å². The summed E-state index contributed by atoms with van der Waals surface area (Å²) in [5, 5.41) is 10.7. The normalized spacial score (nSPS) is 9.90. The zero-order valence-corrected chi connectivity index (χ0v) is 11.2. The molecule has 104 valence electrons. The molecule has 7 nitrogen and oxygen atoms in total. The summed E-state index contributed by atoms with van der Waals surface area (Å²) >= 11 is 0. The number of esters is 1. The maximum Gasteiger partial charge on any atom is 0.358 e. The number of ether oxygens (including phenoxy) is 2. The zero-order chi connectivity index (χ0) is 14.4. The highest BCUT2D eigenvalue weighted by Gasteiger charge is 2.07. The molecule has 2 aromatic heterocycles. The minimum atomic E-state index is -0.511. The van der Waals surface area contributed by atoms with Gasteiger partial charge in [-0.1, -0.05) is 6.07 Å². The van der Waals surface area contributed by atoms with Gasteiger partial charge in [0.05, 0.1) is 14.2 Å². The van der Waals surface area contributed by atoms with Gasteiger partial charge in [0.25, 0.3) is 0 Å². The molecule has 7 heteroatoms. The van der Waals surface area contributed by atoms with Crippen LogP contribution in [0.2, 0.25) is 0 Å². The number of hydrogen-bond acceptors (Lipinski definition) is 7. The third-order valence-electron chi connectivity index (χ3n) is 2.54.